The molecule has 0 aliphatic carbocycles. The Hall–Kier alpha value is -2.45. The van der Waals surface area contributed by atoms with Crippen molar-refractivity contribution < 1.29 is 9.53 Å². The highest BCUT2D eigenvalue weighted by molar-refractivity contribution is 7.99. The number of ether oxygens (including phenoxy) is 1. The number of halogens is 1. The van der Waals surface area contributed by atoms with Gasteiger partial charge < -0.3 is 10.1 Å². The van der Waals surface area contributed by atoms with Crippen molar-refractivity contribution in [2.24, 2.45) is 0 Å². The Bertz CT molecular complexity index is 879. The second-order valence-electron chi connectivity index (χ2n) is 5.09. The van der Waals surface area contributed by atoms with E-state index in [4.69, 9.17) is 16.3 Å². The van der Waals surface area contributed by atoms with Crippen LogP contribution in [0.2, 0.25) is 5.02 Å². The molecule has 3 aromatic rings. The molecule has 0 unspecified atom stereocenters. The standard InChI is InChI=1S/C16H16ClN5O2S/c1-11-19-20-16(22(11)21-7-3-4-8-21)25-10-15(23)18-13-6-5-12(17)9-14(13)24-2/h3-9H,10H2,1-2H3,(H,18,23). The normalized spacial score (nSPS) is 10.7. The van der Waals surface area contributed by atoms with Gasteiger partial charge >= 0.3 is 0 Å². The summed E-state index contributed by atoms with van der Waals surface area (Å²) in [5.74, 6) is 1.26. The van der Waals surface area contributed by atoms with Crippen LogP contribution in [0, 0.1) is 6.92 Å². The van der Waals surface area contributed by atoms with Crippen molar-refractivity contribution in [3.63, 3.8) is 0 Å². The number of benzene rings is 1. The number of hydrogen-bond donors (Lipinski definition) is 1. The van der Waals surface area contributed by atoms with Gasteiger partial charge in [0.1, 0.15) is 5.75 Å². The van der Waals surface area contributed by atoms with E-state index in [0.717, 1.165) is 5.82 Å². The van der Waals surface area contributed by atoms with Gasteiger partial charge in [-0.05, 0) is 31.2 Å². The first-order valence-electron chi connectivity index (χ1n) is 7.40. The van der Waals surface area contributed by atoms with Crippen molar-refractivity contribution in [3.8, 4) is 5.75 Å². The van der Waals surface area contributed by atoms with Gasteiger partial charge in [0.25, 0.3) is 0 Å². The summed E-state index contributed by atoms with van der Waals surface area (Å²) in [6, 6.07) is 8.87. The van der Waals surface area contributed by atoms with E-state index in [-0.39, 0.29) is 11.7 Å². The fourth-order valence-corrected chi connectivity index (χ4v) is 3.18. The maximum Gasteiger partial charge on any atom is 0.234 e. The number of carbonyl (C=O) groups is 1. The second kappa shape index (κ2) is 7.62. The maximum atomic E-state index is 12.3. The van der Waals surface area contributed by atoms with E-state index in [1.165, 1.54) is 18.9 Å². The molecule has 0 bridgehead atoms. The van der Waals surface area contributed by atoms with E-state index >= 15 is 0 Å². The molecule has 0 spiro atoms. The molecule has 2 heterocycles. The minimum absolute atomic E-state index is 0.176. The smallest absolute Gasteiger partial charge is 0.234 e. The number of amides is 1. The molecule has 2 aromatic heterocycles. The zero-order valence-electron chi connectivity index (χ0n) is 13.6. The molecule has 0 saturated heterocycles. The minimum Gasteiger partial charge on any atom is -0.495 e. The number of rotatable bonds is 6. The summed E-state index contributed by atoms with van der Waals surface area (Å²) < 4.78 is 8.92. The molecule has 0 fully saturated rings. The van der Waals surface area contributed by atoms with Gasteiger partial charge in [0.05, 0.1) is 18.6 Å². The lowest BCUT2D eigenvalue weighted by Crippen LogP contribution is -2.16. The average molecular weight is 378 g/mol. The van der Waals surface area contributed by atoms with Crippen molar-refractivity contribution in [3.05, 3.63) is 53.6 Å². The van der Waals surface area contributed by atoms with Crippen LogP contribution in [-0.2, 0) is 4.79 Å². The Morgan fingerprint density at radius 3 is 2.80 bits per heavy atom. The maximum absolute atomic E-state index is 12.3. The van der Waals surface area contributed by atoms with E-state index in [9.17, 15) is 4.79 Å². The number of carbonyl (C=O) groups excluding carboxylic acids is 1. The van der Waals surface area contributed by atoms with Crippen molar-refractivity contribution in [2.45, 2.75) is 12.1 Å². The molecule has 1 amide bonds. The van der Waals surface area contributed by atoms with Crippen molar-refractivity contribution in [1.29, 1.82) is 0 Å². The highest BCUT2D eigenvalue weighted by Gasteiger charge is 2.14. The molecule has 130 valence electrons. The number of thioether (sulfide) groups is 1. The van der Waals surface area contributed by atoms with Crippen LogP contribution in [0.15, 0.2) is 47.9 Å². The predicted molar refractivity (Wildman–Crippen MR) is 97.3 cm³/mol. The molecule has 0 radical (unpaired) electrons. The molecule has 1 N–H and O–H groups in total. The first kappa shape index (κ1) is 17.4. The molecule has 7 nitrogen and oxygen atoms in total. The van der Waals surface area contributed by atoms with Crippen molar-refractivity contribution >= 4 is 35.0 Å². The van der Waals surface area contributed by atoms with Crippen LogP contribution < -0.4 is 10.1 Å². The van der Waals surface area contributed by atoms with Crippen LogP contribution in [0.4, 0.5) is 5.69 Å². The third-order valence-electron chi connectivity index (χ3n) is 3.36. The van der Waals surface area contributed by atoms with E-state index in [1.807, 2.05) is 40.8 Å². The number of methoxy groups -OCH3 is 1. The number of hydrogen-bond acceptors (Lipinski definition) is 5. The fourth-order valence-electron chi connectivity index (χ4n) is 2.24. The monoisotopic (exact) mass is 377 g/mol. The molecular formula is C16H16ClN5O2S. The van der Waals surface area contributed by atoms with Crippen LogP contribution in [0.25, 0.3) is 0 Å². The van der Waals surface area contributed by atoms with Gasteiger partial charge in [0.2, 0.25) is 11.1 Å². The molecule has 0 aliphatic rings. The summed E-state index contributed by atoms with van der Waals surface area (Å²) in [7, 11) is 1.53. The van der Waals surface area contributed by atoms with Gasteiger partial charge in [-0.1, -0.05) is 23.4 Å². The van der Waals surface area contributed by atoms with Crippen LogP contribution in [0.5, 0.6) is 5.75 Å². The van der Waals surface area contributed by atoms with E-state index < -0.39 is 0 Å². The Balaban J connectivity index is 1.68. The van der Waals surface area contributed by atoms with E-state index in [2.05, 4.69) is 15.5 Å². The third-order valence-corrected chi connectivity index (χ3v) is 4.51. The molecule has 3 rings (SSSR count). The van der Waals surface area contributed by atoms with Gasteiger partial charge in [0, 0.05) is 23.5 Å². The van der Waals surface area contributed by atoms with Crippen molar-refractivity contribution in [1.82, 2.24) is 19.5 Å². The fraction of sp³-hybridized carbons (Fsp3) is 0.188. The topological polar surface area (TPSA) is 74.0 Å². The molecule has 1 aromatic carbocycles. The average Bonchev–Trinajstić information content (AvgIpc) is 3.23. The number of anilines is 1. The van der Waals surface area contributed by atoms with Crippen LogP contribution >= 0.6 is 23.4 Å². The summed E-state index contributed by atoms with van der Waals surface area (Å²) >= 11 is 7.22. The quantitative estimate of drug-likeness (QED) is 0.668. The summed E-state index contributed by atoms with van der Waals surface area (Å²) in [5.41, 5.74) is 0.570. The molecular weight excluding hydrogens is 362 g/mol. The minimum atomic E-state index is -0.176. The summed E-state index contributed by atoms with van der Waals surface area (Å²) in [5, 5.41) is 12.2. The molecule has 0 saturated carbocycles. The summed E-state index contributed by atoms with van der Waals surface area (Å²) in [4.78, 5) is 12.3. The Morgan fingerprint density at radius 1 is 1.32 bits per heavy atom. The predicted octanol–water partition coefficient (Wildman–Crippen LogP) is 3.09. The largest absolute Gasteiger partial charge is 0.495 e. The zero-order valence-corrected chi connectivity index (χ0v) is 15.2. The summed E-state index contributed by atoms with van der Waals surface area (Å²) in [6.45, 7) is 1.86. The number of aromatic nitrogens is 4. The molecule has 0 atom stereocenters. The van der Waals surface area contributed by atoms with E-state index in [1.54, 1.807) is 18.2 Å². The number of aryl methyl sites for hydroxylation is 1. The van der Waals surface area contributed by atoms with Crippen molar-refractivity contribution in [2.75, 3.05) is 18.2 Å². The van der Waals surface area contributed by atoms with Gasteiger partial charge in [0.15, 0.2) is 5.82 Å². The second-order valence-corrected chi connectivity index (χ2v) is 6.47. The first-order valence-corrected chi connectivity index (χ1v) is 8.76. The van der Waals surface area contributed by atoms with E-state index in [0.29, 0.717) is 21.6 Å². The third kappa shape index (κ3) is 3.97. The SMILES string of the molecule is COc1cc(Cl)ccc1NC(=O)CSc1nnc(C)n1-n1cccc1. The van der Waals surface area contributed by atoms with Crippen LogP contribution in [-0.4, -0.2) is 38.3 Å². The Labute approximate surface area is 153 Å². The Morgan fingerprint density at radius 2 is 2.08 bits per heavy atom. The van der Waals surface area contributed by atoms with Crippen LogP contribution in [0.1, 0.15) is 5.82 Å². The molecule has 0 aliphatic heterocycles. The lowest BCUT2D eigenvalue weighted by atomic mass is 10.3. The van der Waals surface area contributed by atoms with Gasteiger partial charge in [-0.15, -0.1) is 10.2 Å². The number of nitrogens with one attached hydrogen (secondary N) is 1. The highest BCUT2D eigenvalue weighted by atomic mass is 35.5. The summed E-state index contributed by atoms with van der Waals surface area (Å²) in [6.07, 6.45) is 3.78. The Kier molecular flexibility index (Phi) is 5.30. The molecule has 25 heavy (non-hydrogen) atoms. The lowest BCUT2D eigenvalue weighted by Gasteiger charge is -2.11. The van der Waals surface area contributed by atoms with Gasteiger partial charge in [-0.25, -0.2) is 4.68 Å². The first-order chi connectivity index (χ1) is 12.1. The number of nitrogens with zero attached hydrogens (tertiary/aromatic N) is 4. The highest BCUT2D eigenvalue weighted by Crippen LogP contribution is 2.28. The van der Waals surface area contributed by atoms with Crippen LogP contribution in [0.3, 0.4) is 0 Å². The molecule has 9 heteroatoms. The van der Waals surface area contributed by atoms with Gasteiger partial charge in [-0.2, -0.15) is 0 Å². The lowest BCUT2D eigenvalue weighted by molar-refractivity contribution is -0.113. The zero-order chi connectivity index (χ0) is 17.8. The van der Waals surface area contributed by atoms with Gasteiger partial charge in [-0.3, -0.25) is 9.47 Å².